The summed E-state index contributed by atoms with van der Waals surface area (Å²) in [6, 6.07) is 7.82. The number of anilines is 1. The number of amides is 1. The molecular formula is C15H17N3O. The van der Waals surface area contributed by atoms with Crippen LogP contribution in [0.4, 0.5) is 5.69 Å². The number of nitrogens with zero attached hydrogens (tertiary/aromatic N) is 2. The summed E-state index contributed by atoms with van der Waals surface area (Å²) in [5.41, 5.74) is 4.07. The van der Waals surface area contributed by atoms with Crippen molar-refractivity contribution < 1.29 is 4.79 Å². The number of hydrogen-bond acceptors (Lipinski definition) is 3. The third-order valence-corrected chi connectivity index (χ3v) is 3.17. The van der Waals surface area contributed by atoms with Gasteiger partial charge in [0.25, 0.3) is 5.91 Å². The van der Waals surface area contributed by atoms with Crippen LogP contribution < -0.4 is 5.32 Å². The highest BCUT2D eigenvalue weighted by atomic mass is 16.1. The van der Waals surface area contributed by atoms with Crippen LogP contribution in [0.15, 0.2) is 30.6 Å². The van der Waals surface area contributed by atoms with E-state index in [0.29, 0.717) is 5.69 Å². The van der Waals surface area contributed by atoms with Gasteiger partial charge < -0.3 is 5.32 Å². The molecule has 19 heavy (non-hydrogen) atoms. The van der Waals surface area contributed by atoms with E-state index < -0.39 is 0 Å². The second kappa shape index (κ2) is 5.61. The van der Waals surface area contributed by atoms with E-state index in [9.17, 15) is 4.79 Å². The van der Waals surface area contributed by atoms with Crippen LogP contribution in [0.1, 0.15) is 34.2 Å². The van der Waals surface area contributed by atoms with Gasteiger partial charge >= 0.3 is 0 Å². The molecule has 1 aromatic heterocycles. The summed E-state index contributed by atoms with van der Waals surface area (Å²) in [6.07, 6.45) is 2.40. The third-order valence-electron chi connectivity index (χ3n) is 3.17. The van der Waals surface area contributed by atoms with Crippen LogP contribution in [0.25, 0.3) is 0 Å². The maximum atomic E-state index is 12.1. The van der Waals surface area contributed by atoms with Crippen molar-refractivity contribution in [3.63, 3.8) is 0 Å². The van der Waals surface area contributed by atoms with Gasteiger partial charge in [-0.05, 0) is 38.0 Å². The lowest BCUT2D eigenvalue weighted by atomic mass is 10.1. The van der Waals surface area contributed by atoms with Crippen molar-refractivity contribution >= 4 is 11.6 Å². The number of benzene rings is 1. The molecule has 1 aromatic carbocycles. The second-order valence-corrected chi connectivity index (χ2v) is 4.44. The Morgan fingerprint density at radius 2 is 1.84 bits per heavy atom. The maximum absolute atomic E-state index is 12.1. The summed E-state index contributed by atoms with van der Waals surface area (Å²) < 4.78 is 0. The van der Waals surface area contributed by atoms with Crippen LogP contribution >= 0.6 is 0 Å². The number of hydrogen-bond donors (Lipinski definition) is 1. The maximum Gasteiger partial charge on any atom is 0.274 e. The SMILES string of the molecule is CCc1ccc(NC(=O)c2ncnc(C)c2C)cc1. The Balaban J connectivity index is 2.18. The topological polar surface area (TPSA) is 54.9 Å². The first-order valence-electron chi connectivity index (χ1n) is 6.30. The summed E-state index contributed by atoms with van der Waals surface area (Å²) in [5, 5.41) is 2.85. The lowest BCUT2D eigenvalue weighted by molar-refractivity contribution is 0.102. The highest BCUT2D eigenvalue weighted by Crippen LogP contribution is 2.13. The van der Waals surface area contributed by atoms with Gasteiger partial charge in [0.2, 0.25) is 0 Å². The fraction of sp³-hybridized carbons (Fsp3) is 0.267. The van der Waals surface area contributed by atoms with Crippen LogP contribution in [0.2, 0.25) is 0 Å². The standard InChI is InChI=1S/C15H17N3O/c1-4-12-5-7-13(8-6-12)18-15(19)14-10(2)11(3)16-9-17-14/h5-9H,4H2,1-3H3,(H,18,19). The molecule has 2 rings (SSSR count). The van der Waals surface area contributed by atoms with Crippen LogP contribution in [0.3, 0.4) is 0 Å². The number of rotatable bonds is 3. The van der Waals surface area contributed by atoms with Crippen molar-refractivity contribution in [1.82, 2.24) is 9.97 Å². The molecule has 4 heteroatoms. The van der Waals surface area contributed by atoms with Crippen molar-refractivity contribution in [2.75, 3.05) is 5.32 Å². The van der Waals surface area contributed by atoms with Crippen LogP contribution in [0, 0.1) is 13.8 Å². The third kappa shape index (κ3) is 2.96. The molecule has 98 valence electrons. The van der Waals surface area contributed by atoms with Gasteiger partial charge in [0.05, 0.1) is 0 Å². The Hall–Kier alpha value is -2.23. The van der Waals surface area contributed by atoms with E-state index in [1.807, 2.05) is 38.1 Å². The van der Waals surface area contributed by atoms with Gasteiger partial charge in [0, 0.05) is 16.9 Å². The summed E-state index contributed by atoms with van der Waals surface area (Å²) >= 11 is 0. The van der Waals surface area contributed by atoms with Crippen molar-refractivity contribution in [3.05, 3.63) is 53.1 Å². The minimum Gasteiger partial charge on any atom is -0.321 e. The average molecular weight is 255 g/mol. The molecule has 0 bridgehead atoms. The van der Waals surface area contributed by atoms with Crippen molar-refractivity contribution in [2.45, 2.75) is 27.2 Å². The summed E-state index contributed by atoms with van der Waals surface area (Å²) in [4.78, 5) is 20.2. The minimum atomic E-state index is -0.202. The van der Waals surface area contributed by atoms with Crippen molar-refractivity contribution in [3.8, 4) is 0 Å². The normalized spacial score (nSPS) is 10.3. The van der Waals surface area contributed by atoms with Crippen molar-refractivity contribution in [1.29, 1.82) is 0 Å². The lowest BCUT2D eigenvalue weighted by Crippen LogP contribution is -2.16. The number of carbonyl (C=O) groups is 1. The van der Waals surface area contributed by atoms with E-state index in [-0.39, 0.29) is 5.91 Å². The van der Waals surface area contributed by atoms with Crippen molar-refractivity contribution in [2.24, 2.45) is 0 Å². The van der Waals surface area contributed by atoms with Gasteiger partial charge in [0.15, 0.2) is 0 Å². The molecule has 0 aliphatic carbocycles. The molecule has 0 aliphatic rings. The predicted octanol–water partition coefficient (Wildman–Crippen LogP) is 2.91. The molecule has 0 spiro atoms. The molecule has 0 fully saturated rings. The predicted molar refractivity (Wildman–Crippen MR) is 75.3 cm³/mol. The Labute approximate surface area is 112 Å². The zero-order valence-corrected chi connectivity index (χ0v) is 11.4. The van der Waals surface area contributed by atoms with E-state index in [2.05, 4.69) is 22.2 Å². The van der Waals surface area contributed by atoms with E-state index >= 15 is 0 Å². The Bertz CT molecular complexity index is 591. The molecule has 0 saturated heterocycles. The van der Waals surface area contributed by atoms with Gasteiger partial charge in [-0.2, -0.15) is 0 Å². The minimum absolute atomic E-state index is 0.202. The molecule has 0 aliphatic heterocycles. The van der Waals surface area contributed by atoms with Gasteiger partial charge in [-0.25, -0.2) is 9.97 Å². The summed E-state index contributed by atoms with van der Waals surface area (Å²) in [6.45, 7) is 5.81. The van der Waals surface area contributed by atoms with Crippen LogP contribution in [-0.4, -0.2) is 15.9 Å². The monoisotopic (exact) mass is 255 g/mol. The van der Waals surface area contributed by atoms with Crippen LogP contribution in [-0.2, 0) is 6.42 Å². The number of aryl methyl sites for hydroxylation is 2. The quantitative estimate of drug-likeness (QED) is 0.917. The zero-order valence-electron chi connectivity index (χ0n) is 11.4. The molecule has 1 heterocycles. The first-order chi connectivity index (χ1) is 9.11. The fourth-order valence-corrected chi connectivity index (χ4v) is 1.78. The molecule has 1 amide bonds. The fourth-order valence-electron chi connectivity index (χ4n) is 1.78. The number of aromatic nitrogens is 2. The van der Waals surface area contributed by atoms with E-state index in [1.54, 1.807) is 0 Å². The largest absolute Gasteiger partial charge is 0.321 e. The molecule has 1 N–H and O–H groups in total. The average Bonchev–Trinajstić information content (AvgIpc) is 2.42. The van der Waals surface area contributed by atoms with Gasteiger partial charge in [-0.3, -0.25) is 4.79 Å². The van der Waals surface area contributed by atoms with Gasteiger partial charge in [0.1, 0.15) is 12.0 Å². The summed E-state index contributed by atoms with van der Waals surface area (Å²) in [5.74, 6) is -0.202. The smallest absolute Gasteiger partial charge is 0.274 e. The summed E-state index contributed by atoms with van der Waals surface area (Å²) in [7, 11) is 0. The molecule has 0 unspecified atom stereocenters. The molecule has 0 saturated carbocycles. The molecule has 0 atom stereocenters. The second-order valence-electron chi connectivity index (χ2n) is 4.44. The Morgan fingerprint density at radius 3 is 2.47 bits per heavy atom. The number of nitrogens with one attached hydrogen (secondary N) is 1. The highest BCUT2D eigenvalue weighted by Gasteiger charge is 2.12. The Kier molecular flexibility index (Phi) is 3.90. The van der Waals surface area contributed by atoms with E-state index in [1.165, 1.54) is 11.9 Å². The number of carbonyl (C=O) groups excluding carboxylic acids is 1. The van der Waals surface area contributed by atoms with Crippen LogP contribution in [0.5, 0.6) is 0 Å². The Morgan fingerprint density at radius 1 is 1.16 bits per heavy atom. The first kappa shape index (κ1) is 13.2. The van der Waals surface area contributed by atoms with Gasteiger partial charge in [-0.1, -0.05) is 19.1 Å². The van der Waals surface area contributed by atoms with E-state index in [4.69, 9.17) is 0 Å². The lowest BCUT2D eigenvalue weighted by Gasteiger charge is -2.08. The van der Waals surface area contributed by atoms with Gasteiger partial charge in [-0.15, -0.1) is 0 Å². The van der Waals surface area contributed by atoms with E-state index in [0.717, 1.165) is 23.4 Å². The molecule has 4 nitrogen and oxygen atoms in total. The molecular weight excluding hydrogens is 238 g/mol. The molecule has 2 aromatic rings. The highest BCUT2D eigenvalue weighted by molar-refractivity contribution is 6.03. The zero-order chi connectivity index (χ0) is 13.8. The first-order valence-corrected chi connectivity index (χ1v) is 6.30. The molecule has 0 radical (unpaired) electrons.